The van der Waals surface area contributed by atoms with Crippen LogP contribution in [0, 0.1) is 0 Å². The molecule has 1 N–H and O–H groups in total. The third-order valence-electron chi connectivity index (χ3n) is 2.95. The van der Waals surface area contributed by atoms with Crippen molar-refractivity contribution >= 4 is 44.6 Å². The topological polar surface area (TPSA) is 72.5 Å². The van der Waals surface area contributed by atoms with Crippen LogP contribution in [0.1, 0.15) is 0 Å². The molecular weight excluding hydrogens is 399 g/mol. The van der Waals surface area contributed by atoms with Crippen LogP contribution in [0.15, 0.2) is 47.4 Å². The lowest BCUT2D eigenvalue weighted by atomic mass is 10.3. The summed E-state index contributed by atoms with van der Waals surface area (Å²) < 4.78 is 53.9. The number of hydrogen-bond acceptors (Lipinski definition) is 4. The van der Waals surface area contributed by atoms with E-state index in [1.54, 1.807) is 0 Å². The van der Waals surface area contributed by atoms with Crippen LogP contribution in [-0.2, 0) is 14.6 Å². The highest BCUT2D eigenvalue weighted by Crippen LogP contribution is 2.28. The Morgan fingerprint density at radius 3 is 2.52 bits per heavy atom. The summed E-state index contributed by atoms with van der Waals surface area (Å²) in [6.45, 7) is -0.525. The molecule has 0 aromatic heterocycles. The molecule has 0 saturated heterocycles. The standard InChI is InChI=1S/C15H11Cl2F2NO4S/c16-9-5-6-10(17)12(7-9)24-8-14(21)20-11-3-1-2-4-13(11)25(22,23)15(18)19/h1-7,15H,8H2,(H,20,21). The average molecular weight is 410 g/mol. The van der Waals surface area contributed by atoms with Gasteiger partial charge in [-0.25, -0.2) is 8.42 Å². The van der Waals surface area contributed by atoms with E-state index in [1.165, 1.54) is 36.4 Å². The number of benzene rings is 2. The van der Waals surface area contributed by atoms with Gasteiger partial charge in [0.25, 0.3) is 5.91 Å². The maximum absolute atomic E-state index is 12.7. The molecule has 0 bridgehead atoms. The Balaban J connectivity index is 2.13. The summed E-state index contributed by atoms with van der Waals surface area (Å²) in [4.78, 5) is 11.3. The highest BCUT2D eigenvalue weighted by Gasteiger charge is 2.29. The summed E-state index contributed by atoms with van der Waals surface area (Å²) in [7, 11) is -4.86. The van der Waals surface area contributed by atoms with Gasteiger partial charge in [0.15, 0.2) is 6.61 Å². The van der Waals surface area contributed by atoms with Crippen molar-refractivity contribution in [2.75, 3.05) is 11.9 Å². The van der Waals surface area contributed by atoms with Crippen molar-refractivity contribution in [2.24, 2.45) is 0 Å². The zero-order valence-corrected chi connectivity index (χ0v) is 14.7. The Labute approximate surface area is 152 Å². The molecule has 2 rings (SSSR count). The first-order valence-corrected chi connectivity index (χ1v) is 9.01. The largest absolute Gasteiger partial charge is 0.482 e. The molecule has 0 aliphatic rings. The zero-order chi connectivity index (χ0) is 18.6. The minimum atomic E-state index is -4.86. The van der Waals surface area contributed by atoms with Gasteiger partial charge >= 0.3 is 5.76 Å². The second kappa shape index (κ2) is 7.99. The molecule has 1 amide bonds. The van der Waals surface area contributed by atoms with Gasteiger partial charge in [0.2, 0.25) is 9.84 Å². The van der Waals surface area contributed by atoms with Gasteiger partial charge in [-0.2, -0.15) is 8.78 Å². The number of para-hydroxylation sites is 1. The second-order valence-corrected chi connectivity index (χ2v) is 7.44. The lowest BCUT2D eigenvalue weighted by Gasteiger charge is -2.12. The smallest absolute Gasteiger partial charge is 0.341 e. The molecule has 0 saturated carbocycles. The Hall–Kier alpha value is -1.90. The van der Waals surface area contributed by atoms with Crippen LogP contribution in [0.4, 0.5) is 14.5 Å². The van der Waals surface area contributed by atoms with Crippen molar-refractivity contribution < 1.29 is 26.7 Å². The molecule has 2 aromatic carbocycles. The van der Waals surface area contributed by atoms with Crippen LogP contribution in [-0.4, -0.2) is 26.7 Å². The molecular formula is C15H11Cl2F2NO4S. The van der Waals surface area contributed by atoms with E-state index in [-0.39, 0.29) is 16.5 Å². The van der Waals surface area contributed by atoms with Crippen LogP contribution in [0.5, 0.6) is 5.75 Å². The second-order valence-electron chi connectivity index (χ2n) is 4.71. The van der Waals surface area contributed by atoms with Crippen molar-refractivity contribution in [3.05, 3.63) is 52.5 Å². The third kappa shape index (κ3) is 4.81. The van der Waals surface area contributed by atoms with Crippen LogP contribution >= 0.6 is 23.2 Å². The Morgan fingerprint density at radius 2 is 1.84 bits per heavy atom. The summed E-state index contributed by atoms with van der Waals surface area (Å²) in [6.07, 6.45) is 0. The summed E-state index contributed by atoms with van der Waals surface area (Å²) in [5.41, 5.74) is -0.270. The number of carbonyl (C=O) groups excluding carboxylic acids is 1. The normalized spacial score (nSPS) is 11.4. The molecule has 0 aliphatic heterocycles. The van der Waals surface area contributed by atoms with Gasteiger partial charge in [-0.1, -0.05) is 35.3 Å². The maximum Gasteiger partial charge on any atom is 0.341 e. The van der Waals surface area contributed by atoms with Gasteiger partial charge < -0.3 is 10.1 Å². The molecule has 25 heavy (non-hydrogen) atoms. The number of anilines is 1. The van der Waals surface area contributed by atoms with E-state index >= 15 is 0 Å². The zero-order valence-electron chi connectivity index (χ0n) is 12.4. The number of hydrogen-bond donors (Lipinski definition) is 1. The predicted molar refractivity (Wildman–Crippen MR) is 90.2 cm³/mol. The van der Waals surface area contributed by atoms with Gasteiger partial charge in [0.1, 0.15) is 5.75 Å². The highest BCUT2D eigenvalue weighted by atomic mass is 35.5. The van der Waals surface area contributed by atoms with E-state index in [9.17, 15) is 22.0 Å². The molecule has 0 radical (unpaired) electrons. The molecule has 0 fully saturated rings. The van der Waals surface area contributed by atoms with E-state index in [1.807, 2.05) is 0 Å². The molecule has 2 aromatic rings. The summed E-state index contributed by atoms with van der Waals surface area (Å²) in [5.74, 6) is -4.21. The predicted octanol–water partition coefficient (Wildman–Crippen LogP) is 4.01. The minimum absolute atomic E-state index is 0.151. The first-order valence-electron chi connectivity index (χ1n) is 6.70. The number of alkyl halides is 2. The molecule has 0 spiro atoms. The summed E-state index contributed by atoms with van der Waals surface area (Å²) >= 11 is 11.7. The van der Waals surface area contributed by atoms with E-state index in [0.717, 1.165) is 6.07 Å². The SMILES string of the molecule is O=C(COc1cc(Cl)ccc1Cl)Nc1ccccc1S(=O)(=O)C(F)F. The molecule has 134 valence electrons. The van der Waals surface area contributed by atoms with Crippen molar-refractivity contribution in [3.63, 3.8) is 0 Å². The molecule has 0 atom stereocenters. The van der Waals surface area contributed by atoms with E-state index < -0.39 is 33.0 Å². The van der Waals surface area contributed by atoms with Crippen molar-refractivity contribution in [2.45, 2.75) is 10.7 Å². The molecule has 0 aliphatic carbocycles. The number of sulfone groups is 1. The van der Waals surface area contributed by atoms with E-state index in [2.05, 4.69) is 5.32 Å². The summed E-state index contributed by atoms with van der Waals surface area (Å²) in [5, 5.41) is 2.78. The number of halogens is 4. The van der Waals surface area contributed by atoms with Gasteiger partial charge in [-0.15, -0.1) is 0 Å². The third-order valence-corrected chi connectivity index (χ3v) is 4.94. The van der Waals surface area contributed by atoms with Crippen molar-refractivity contribution in [1.82, 2.24) is 0 Å². The lowest BCUT2D eigenvalue weighted by molar-refractivity contribution is -0.118. The minimum Gasteiger partial charge on any atom is -0.482 e. The monoisotopic (exact) mass is 409 g/mol. The number of rotatable bonds is 6. The van der Waals surface area contributed by atoms with Crippen LogP contribution in [0.25, 0.3) is 0 Å². The molecule has 0 unspecified atom stereocenters. The maximum atomic E-state index is 12.7. The molecule has 10 heteroatoms. The fourth-order valence-electron chi connectivity index (χ4n) is 1.83. The fraction of sp³-hybridized carbons (Fsp3) is 0.133. The lowest BCUT2D eigenvalue weighted by Crippen LogP contribution is -2.22. The number of nitrogens with one attached hydrogen (secondary N) is 1. The van der Waals surface area contributed by atoms with E-state index in [0.29, 0.717) is 5.02 Å². The molecule has 0 heterocycles. The van der Waals surface area contributed by atoms with Gasteiger partial charge in [0, 0.05) is 11.1 Å². The van der Waals surface area contributed by atoms with Crippen LogP contribution in [0.2, 0.25) is 10.0 Å². The summed E-state index contributed by atoms with van der Waals surface area (Å²) in [6, 6.07) is 9.24. The van der Waals surface area contributed by atoms with Crippen molar-refractivity contribution in [3.8, 4) is 5.75 Å². The van der Waals surface area contributed by atoms with E-state index in [4.69, 9.17) is 27.9 Å². The number of amides is 1. The quantitative estimate of drug-likeness (QED) is 0.781. The first kappa shape index (κ1) is 19.4. The van der Waals surface area contributed by atoms with Gasteiger partial charge in [-0.05, 0) is 24.3 Å². The van der Waals surface area contributed by atoms with Crippen molar-refractivity contribution in [1.29, 1.82) is 0 Å². The molecule has 5 nitrogen and oxygen atoms in total. The highest BCUT2D eigenvalue weighted by molar-refractivity contribution is 7.91. The Kier molecular flexibility index (Phi) is 6.21. The first-order chi connectivity index (χ1) is 11.7. The van der Waals surface area contributed by atoms with Gasteiger partial charge in [-0.3, -0.25) is 4.79 Å². The number of ether oxygens (including phenoxy) is 1. The Morgan fingerprint density at radius 1 is 1.16 bits per heavy atom. The van der Waals surface area contributed by atoms with Crippen LogP contribution < -0.4 is 10.1 Å². The number of carbonyl (C=O) groups is 1. The van der Waals surface area contributed by atoms with Gasteiger partial charge in [0.05, 0.1) is 15.6 Å². The average Bonchev–Trinajstić information content (AvgIpc) is 2.56. The Bertz CT molecular complexity index is 891. The fourth-order valence-corrected chi connectivity index (χ4v) is 3.05. The van der Waals surface area contributed by atoms with Crippen LogP contribution in [0.3, 0.4) is 0 Å².